The predicted molar refractivity (Wildman–Crippen MR) is 135 cm³/mol. The lowest BCUT2D eigenvalue weighted by atomic mass is 9.96. The molecule has 2 bridgehead atoms. The maximum atomic E-state index is 12.0. The zero-order chi connectivity index (χ0) is 25.7. The first-order chi connectivity index (χ1) is 17.8. The van der Waals surface area contributed by atoms with Gasteiger partial charge in [-0.2, -0.15) is 0 Å². The predicted octanol–water partition coefficient (Wildman–Crippen LogP) is 1.44. The molecule has 4 aromatic rings. The molecule has 0 saturated carbocycles. The molecule has 16 heteroatoms. The molecule has 2 fully saturated rings. The van der Waals surface area contributed by atoms with Gasteiger partial charge in [-0.15, -0.1) is 0 Å². The van der Waals surface area contributed by atoms with Gasteiger partial charge in [0, 0.05) is 12.6 Å². The number of anilines is 1. The fourth-order valence-corrected chi connectivity index (χ4v) is 6.31. The van der Waals surface area contributed by atoms with Crippen LogP contribution in [0, 0.1) is 5.92 Å². The number of nitrogen functional groups attached to an aromatic ring is 1. The summed E-state index contributed by atoms with van der Waals surface area (Å²) < 4.78 is 27.6. The van der Waals surface area contributed by atoms with E-state index in [-0.39, 0.29) is 36.7 Å². The van der Waals surface area contributed by atoms with E-state index in [0.29, 0.717) is 35.0 Å². The van der Waals surface area contributed by atoms with Crippen LogP contribution in [0.4, 0.5) is 5.82 Å². The standard InChI is InChI=1S/C21H25N8O6PS/c1-11-4-12-5-14(21(34-12)29-9-27-16-17(22)23-7-25-19(16)29)35-36(31,37)33-6-15(11)32-10-28-3-2-13-18(28)24-8-26-20(13)30/h2-3,7-9,11-12,14-15,21H,4-6,10H2,1H3,(H,31,37)(H2,22,23,25)(H,24,26,30)/t11?,12?,14-,15-,21-,36?/m1/s1. The molecule has 6 heterocycles. The molecule has 2 aliphatic heterocycles. The van der Waals surface area contributed by atoms with Crippen molar-refractivity contribution in [3.8, 4) is 0 Å². The van der Waals surface area contributed by atoms with E-state index < -0.39 is 25.2 Å². The molecule has 196 valence electrons. The van der Waals surface area contributed by atoms with Crippen LogP contribution < -0.4 is 11.3 Å². The molecule has 4 aromatic heterocycles. The summed E-state index contributed by atoms with van der Waals surface area (Å²) in [6.07, 6.45) is 5.30. The molecule has 0 radical (unpaired) electrons. The van der Waals surface area contributed by atoms with Crippen LogP contribution in [0.2, 0.25) is 0 Å². The third-order valence-electron chi connectivity index (χ3n) is 6.74. The molecule has 0 spiro atoms. The second-order valence-electron chi connectivity index (χ2n) is 9.18. The van der Waals surface area contributed by atoms with Crippen LogP contribution in [0.5, 0.6) is 0 Å². The first-order valence-corrected chi connectivity index (χ1v) is 14.3. The van der Waals surface area contributed by atoms with Crippen LogP contribution in [0.3, 0.4) is 0 Å². The maximum Gasteiger partial charge on any atom is 0.325 e. The zero-order valence-electron chi connectivity index (χ0n) is 19.7. The fourth-order valence-electron chi connectivity index (χ4n) is 4.87. The van der Waals surface area contributed by atoms with Gasteiger partial charge in [0.1, 0.15) is 30.3 Å². The number of imidazole rings is 1. The van der Waals surface area contributed by atoms with E-state index >= 15 is 0 Å². The first kappa shape index (κ1) is 24.6. The van der Waals surface area contributed by atoms with E-state index in [2.05, 4.69) is 24.9 Å². The van der Waals surface area contributed by atoms with Crippen molar-refractivity contribution in [1.82, 2.24) is 34.1 Å². The Balaban J connectivity index is 1.23. The molecule has 3 unspecified atom stereocenters. The number of nitrogens with two attached hydrogens (primary N) is 1. The summed E-state index contributed by atoms with van der Waals surface area (Å²) in [6, 6.07) is 1.68. The van der Waals surface area contributed by atoms with Crippen molar-refractivity contribution in [3.63, 3.8) is 0 Å². The van der Waals surface area contributed by atoms with E-state index in [1.807, 2.05) is 6.92 Å². The monoisotopic (exact) mass is 548 g/mol. The van der Waals surface area contributed by atoms with Gasteiger partial charge in [-0.1, -0.05) is 6.92 Å². The highest BCUT2D eigenvalue weighted by molar-refractivity contribution is 8.07. The summed E-state index contributed by atoms with van der Waals surface area (Å²) in [5, 5.41) is 0.469. The van der Waals surface area contributed by atoms with Crippen molar-refractivity contribution in [2.75, 3.05) is 12.3 Å². The van der Waals surface area contributed by atoms with E-state index in [1.165, 1.54) is 12.7 Å². The molecule has 0 aliphatic carbocycles. The Morgan fingerprint density at radius 1 is 1.30 bits per heavy atom. The van der Waals surface area contributed by atoms with Crippen molar-refractivity contribution in [2.24, 2.45) is 5.92 Å². The molecule has 6 atom stereocenters. The van der Waals surface area contributed by atoms with E-state index in [1.54, 1.807) is 27.7 Å². The lowest BCUT2D eigenvalue weighted by Crippen LogP contribution is -2.31. The average molecular weight is 549 g/mol. The number of aromatic nitrogens is 7. The summed E-state index contributed by atoms with van der Waals surface area (Å²) >= 11 is 5.33. The first-order valence-electron chi connectivity index (χ1n) is 11.7. The molecule has 37 heavy (non-hydrogen) atoms. The van der Waals surface area contributed by atoms with E-state index in [9.17, 15) is 9.69 Å². The SMILES string of the molecule is CC1CC2C[C@@H](OP(O)(=S)OC[C@H]1OCn1ccc3c(=O)[nH]cnc31)[C@H](n1cnc3c(N)ncnc31)O2. The summed E-state index contributed by atoms with van der Waals surface area (Å²) in [5.74, 6) is 0.237. The van der Waals surface area contributed by atoms with Crippen molar-refractivity contribution >= 4 is 46.5 Å². The van der Waals surface area contributed by atoms with Gasteiger partial charge < -0.3 is 38.7 Å². The Kier molecular flexibility index (Phi) is 6.31. The highest BCUT2D eigenvalue weighted by atomic mass is 32.5. The quantitative estimate of drug-likeness (QED) is 0.313. The lowest BCUT2D eigenvalue weighted by molar-refractivity contribution is -0.0637. The second-order valence-corrected chi connectivity index (χ2v) is 12.0. The Hall–Kier alpha value is -2.78. The normalized spacial score (nSPS) is 30.7. The molecular weight excluding hydrogens is 523 g/mol. The minimum Gasteiger partial charge on any atom is -0.382 e. The number of H-pyrrole nitrogens is 1. The highest BCUT2D eigenvalue weighted by Gasteiger charge is 2.43. The lowest BCUT2D eigenvalue weighted by Gasteiger charge is -2.29. The Bertz CT molecular complexity index is 1560. The molecule has 2 saturated heterocycles. The van der Waals surface area contributed by atoms with Gasteiger partial charge in [0.05, 0.1) is 36.9 Å². The largest absolute Gasteiger partial charge is 0.382 e. The van der Waals surface area contributed by atoms with Crippen molar-refractivity contribution in [3.05, 3.63) is 41.6 Å². The van der Waals surface area contributed by atoms with Crippen molar-refractivity contribution in [1.29, 1.82) is 0 Å². The van der Waals surface area contributed by atoms with E-state index in [0.717, 1.165) is 0 Å². The number of rotatable bonds is 4. The summed E-state index contributed by atoms with van der Waals surface area (Å²) in [6.45, 7) is -1.44. The number of hydrogen-bond donors (Lipinski definition) is 3. The van der Waals surface area contributed by atoms with Gasteiger partial charge in [0.25, 0.3) is 5.56 Å². The number of ether oxygens (including phenoxy) is 2. The minimum absolute atomic E-state index is 0.0202. The molecular formula is C21H25N8O6PS. The van der Waals surface area contributed by atoms with Gasteiger partial charge >= 0.3 is 6.72 Å². The smallest absolute Gasteiger partial charge is 0.325 e. The zero-order valence-corrected chi connectivity index (χ0v) is 21.4. The molecule has 4 N–H and O–H groups in total. The number of hydrogen-bond acceptors (Lipinski definition) is 11. The number of fused-ring (bicyclic) bond motifs is 4. The number of nitrogens with zero attached hydrogens (tertiary/aromatic N) is 6. The third kappa shape index (κ3) is 4.68. The Labute approximate surface area is 215 Å². The van der Waals surface area contributed by atoms with Gasteiger partial charge in [0.2, 0.25) is 0 Å². The minimum atomic E-state index is -3.64. The second kappa shape index (κ2) is 9.51. The van der Waals surface area contributed by atoms with Crippen LogP contribution in [0.1, 0.15) is 26.0 Å². The molecule has 6 rings (SSSR count). The molecule has 0 amide bonds. The Morgan fingerprint density at radius 2 is 2.16 bits per heavy atom. The van der Waals surface area contributed by atoms with Crippen LogP contribution in [-0.2, 0) is 37.1 Å². The van der Waals surface area contributed by atoms with Crippen LogP contribution in [-0.4, -0.2) is 63.9 Å². The summed E-state index contributed by atoms with van der Waals surface area (Å²) in [7, 11) is 0. The van der Waals surface area contributed by atoms with Crippen LogP contribution in [0.25, 0.3) is 22.2 Å². The van der Waals surface area contributed by atoms with Crippen molar-refractivity contribution < 1.29 is 23.4 Å². The van der Waals surface area contributed by atoms with Crippen LogP contribution >= 0.6 is 6.72 Å². The molecule has 2 aliphatic rings. The average Bonchev–Trinajstić information content (AvgIpc) is 3.56. The highest BCUT2D eigenvalue weighted by Crippen LogP contribution is 2.51. The van der Waals surface area contributed by atoms with Crippen LogP contribution in [0.15, 0.2) is 36.0 Å². The van der Waals surface area contributed by atoms with Gasteiger partial charge in [-0.05, 0) is 30.2 Å². The van der Waals surface area contributed by atoms with Gasteiger partial charge in [-0.25, -0.2) is 19.9 Å². The summed E-state index contributed by atoms with van der Waals surface area (Å²) in [5.41, 5.74) is 7.17. The summed E-state index contributed by atoms with van der Waals surface area (Å²) in [4.78, 5) is 42.3. The number of nitrogens with one attached hydrogen (secondary N) is 1. The van der Waals surface area contributed by atoms with Gasteiger partial charge in [0.15, 0.2) is 17.7 Å². The molecule has 14 nitrogen and oxygen atoms in total. The Morgan fingerprint density at radius 3 is 3.03 bits per heavy atom. The third-order valence-corrected chi connectivity index (χ3v) is 8.32. The number of aromatic amines is 1. The molecule has 0 aromatic carbocycles. The fraction of sp³-hybridized carbons (Fsp3) is 0.476. The van der Waals surface area contributed by atoms with E-state index in [4.69, 9.17) is 36.1 Å². The maximum absolute atomic E-state index is 12.0. The topological polar surface area (TPSA) is 177 Å². The van der Waals surface area contributed by atoms with Crippen molar-refractivity contribution in [2.45, 2.75) is 51.0 Å². The van der Waals surface area contributed by atoms with Gasteiger partial charge in [-0.3, -0.25) is 9.36 Å².